The maximum Gasteiger partial charge on any atom is 0.328 e. The molecule has 1 aliphatic carbocycles. The number of nitrogens with one attached hydrogen (secondary N) is 1. The Morgan fingerprint density at radius 3 is 2.81 bits per heavy atom. The molecular formula is C29H31FN4O2. The molecule has 2 aliphatic heterocycles. The molecule has 36 heavy (non-hydrogen) atoms. The van der Waals surface area contributed by atoms with Crippen LogP contribution in [0.25, 0.3) is 27.7 Å². The number of rotatable bonds is 3. The number of pyridine rings is 1. The summed E-state index contributed by atoms with van der Waals surface area (Å²) < 4.78 is 14.2. The lowest BCUT2D eigenvalue weighted by molar-refractivity contribution is -0.131. The van der Waals surface area contributed by atoms with Crippen molar-refractivity contribution >= 4 is 28.3 Å². The van der Waals surface area contributed by atoms with Crippen LogP contribution in [0.2, 0.25) is 0 Å². The van der Waals surface area contributed by atoms with Crippen molar-refractivity contribution < 1.29 is 14.3 Å². The Hall–Kier alpha value is -3.45. The quantitative estimate of drug-likeness (QED) is 0.461. The first-order valence-corrected chi connectivity index (χ1v) is 12.8. The van der Waals surface area contributed by atoms with Crippen LogP contribution in [0.15, 0.2) is 48.2 Å². The largest absolute Gasteiger partial charge is 0.478 e. The molecule has 1 fully saturated rings. The highest BCUT2D eigenvalue weighted by Crippen LogP contribution is 2.43. The fourth-order valence-corrected chi connectivity index (χ4v) is 6.35. The number of nitrogens with zero attached hydrogens (tertiary/aromatic N) is 3. The molecule has 6 rings (SSSR count). The van der Waals surface area contributed by atoms with Crippen LogP contribution in [0.1, 0.15) is 49.8 Å². The van der Waals surface area contributed by atoms with Gasteiger partial charge in [0, 0.05) is 72.9 Å². The fraction of sp³-hybridized carbons (Fsp3) is 0.379. The van der Waals surface area contributed by atoms with E-state index in [0.717, 1.165) is 97.3 Å². The zero-order valence-electron chi connectivity index (χ0n) is 20.6. The standard InChI is InChI=1S/C29H31FN4O2/c1-33-17-24-27-22(23-16-20(30)6-9-25(23)33)10-12-31-29(27)32-28(24)19-3-2-13-34(14-11-19)21-7-4-18(5-8-21)15-26(35)36/h3,6,9-10,12,15-16,21H,2,4-5,7-8,11,13-14,17H2,1H3,(H,31,32)(H,35,36). The monoisotopic (exact) mass is 486 g/mol. The summed E-state index contributed by atoms with van der Waals surface area (Å²) in [5, 5.41) is 10.1. The number of carboxylic acids is 1. The van der Waals surface area contributed by atoms with Crippen molar-refractivity contribution in [1.29, 1.82) is 0 Å². The van der Waals surface area contributed by atoms with E-state index in [1.165, 1.54) is 23.3 Å². The number of hydrogen-bond acceptors (Lipinski definition) is 4. The summed E-state index contributed by atoms with van der Waals surface area (Å²) >= 11 is 0. The zero-order valence-corrected chi connectivity index (χ0v) is 20.6. The molecule has 3 aliphatic rings. The van der Waals surface area contributed by atoms with Crippen molar-refractivity contribution in [2.24, 2.45) is 0 Å². The Balaban J connectivity index is 1.28. The summed E-state index contributed by atoms with van der Waals surface area (Å²) in [6.07, 6.45) is 11.3. The van der Waals surface area contributed by atoms with Crippen molar-refractivity contribution in [2.45, 2.75) is 51.1 Å². The van der Waals surface area contributed by atoms with Crippen LogP contribution < -0.4 is 4.90 Å². The third-order valence-corrected chi connectivity index (χ3v) is 8.09. The van der Waals surface area contributed by atoms with Gasteiger partial charge in [-0.2, -0.15) is 0 Å². The molecule has 0 radical (unpaired) electrons. The maximum atomic E-state index is 14.2. The number of carboxylic acid groups (broad SMARTS) is 1. The molecule has 7 heteroatoms. The van der Waals surface area contributed by atoms with E-state index in [1.54, 1.807) is 12.3 Å². The SMILES string of the molecule is CN1Cc2c(C3=CCCN(C4CCC(=CC(=O)O)CC4)CC3)[nH]c3nccc(c23)-c2cc(F)ccc21. The van der Waals surface area contributed by atoms with E-state index in [0.29, 0.717) is 6.04 Å². The smallest absolute Gasteiger partial charge is 0.328 e. The highest BCUT2D eigenvalue weighted by molar-refractivity contribution is 6.02. The topological polar surface area (TPSA) is 72.5 Å². The van der Waals surface area contributed by atoms with Gasteiger partial charge in [-0.1, -0.05) is 11.6 Å². The van der Waals surface area contributed by atoms with Gasteiger partial charge in [0.1, 0.15) is 11.5 Å². The molecule has 2 aromatic heterocycles. The molecule has 2 N–H and O–H groups in total. The molecule has 6 nitrogen and oxygen atoms in total. The van der Waals surface area contributed by atoms with Crippen molar-refractivity contribution in [1.82, 2.24) is 14.9 Å². The molecule has 1 aromatic carbocycles. The second-order valence-corrected chi connectivity index (χ2v) is 10.3. The van der Waals surface area contributed by atoms with Gasteiger partial charge in [0.25, 0.3) is 0 Å². The lowest BCUT2D eigenvalue weighted by Gasteiger charge is -2.34. The zero-order chi connectivity index (χ0) is 24.8. The van der Waals surface area contributed by atoms with E-state index in [9.17, 15) is 9.18 Å². The number of allylic oxidation sites excluding steroid dienone is 1. The Kier molecular flexibility index (Phi) is 5.88. The number of aliphatic carboxylic acids is 1. The molecule has 0 atom stereocenters. The van der Waals surface area contributed by atoms with Gasteiger partial charge >= 0.3 is 5.97 Å². The predicted octanol–water partition coefficient (Wildman–Crippen LogP) is 5.75. The Bertz CT molecular complexity index is 1400. The number of aromatic nitrogens is 2. The van der Waals surface area contributed by atoms with E-state index >= 15 is 0 Å². The average molecular weight is 487 g/mol. The van der Waals surface area contributed by atoms with Crippen LogP contribution in [0.3, 0.4) is 0 Å². The summed E-state index contributed by atoms with van der Waals surface area (Å²) in [5.74, 6) is -1.06. The van der Waals surface area contributed by atoms with E-state index in [2.05, 4.69) is 32.9 Å². The van der Waals surface area contributed by atoms with Crippen LogP contribution in [0.4, 0.5) is 10.1 Å². The van der Waals surface area contributed by atoms with Crippen molar-refractivity contribution in [2.75, 3.05) is 25.0 Å². The highest BCUT2D eigenvalue weighted by atomic mass is 19.1. The molecule has 0 amide bonds. The van der Waals surface area contributed by atoms with Gasteiger partial charge in [-0.15, -0.1) is 0 Å². The molecule has 3 aromatic rings. The van der Waals surface area contributed by atoms with Crippen LogP contribution in [0.5, 0.6) is 0 Å². The minimum absolute atomic E-state index is 0.230. The highest BCUT2D eigenvalue weighted by Gasteiger charge is 2.28. The Labute approximate surface area is 210 Å². The lowest BCUT2D eigenvalue weighted by Crippen LogP contribution is -2.37. The van der Waals surface area contributed by atoms with Gasteiger partial charge in [-0.25, -0.2) is 14.2 Å². The van der Waals surface area contributed by atoms with Crippen molar-refractivity contribution in [3.63, 3.8) is 0 Å². The first-order valence-electron chi connectivity index (χ1n) is 12.8. The van der Waals surface area contributed by atoms with Crippen LogP contribution >= 0.6 is 0 Å². The van der Waals surface area contributed by atoms with Gasteiger partial charge in [0.05, 0.1) is 0 Å². The number of aromatic amines is 1. The number of carbonyl (C=O) groups is 1. The molecule has 186 valence electrons. The van der Waals surface area contributed by atoms with E-state index in [-0.39, 0.29) is 5.82 Å². The first kappa shape index (κ1) is 23.0. The molecular weight excluding hydrogens is 455 g/mol. The number of halogens is 1. The van der Waals surface area contributed by atoms with Gasteiger partial charge in [0.15, 0.2) is 0 Å². The second kappa shape index (κ2) is 9.21. The van der Waals surface area contributed by atoms with Crippen LogP contribution in [-0.2, 0) is 11.3 Å². The third kappa shape index (κ3) is 4.11. The Morgan fingerprint density at radius 1 is 1.17 bits per heavy atom. The minimum Gasteiger partial charge on any atom is -0.478 e. The third-order valence-electron chi connectivity index (χ3n) is 8.09. The van der Waals surface area contributed by atoms with Gasteiger partial charge in [-0.3, -0.25) is 4.90 Å². The minimum atomic E-state index is -0.832. The maximum absolute atomic E-state index is 14.2. The second-order valence-electron chi connectivity index (χ2n) is 10.3. The van der Waals surface area contributed by atoms with Crippen molar-refractivity contribution in [3.05, 3.63) is 65.3 Å². The number of benzene rings is 1. The number of fused-ring (bicyclic) bond motifs is 2. The molecule has 4 heterocycles. The van der Waals surface area contributed by atoms with Gasteiger partial charge < -0.3 is 15.0 Å². The summed E-state index contributed by atoms with van der Waals surface area (Å²) in [6.45, 7) is 2.75. The number of H-pyrrole nitrogens is 1. The number of hydrogen-bond donors (Lipinski definition) is 2. The average Bonchev–Trinajstić information content (AvgIpc) is 3.00. The summed E-state index contributed by atoms with van der Waals surface area (Å²) in [7, 11) is 2.07. The predicted molar refractivity (Wildman–Crippen MR) is 140 cm³/mol. The van der Waals surface area contributed by atoms with Gasteiger partial charge in [-0.05, 0) is 73.9 Å². The molecule has 1 saturated carbocycles. The first-order chi connectivity index (χ1) is 17.5. The summed E-state index contributed by atoms with van der Waals surface area (Å²) in [6, 6.07) is 7.55. The van der Waals surface area contributed by atoms with E-state index < -0.39 is 5.97 Å². The van der Waals surface area contributed by atoms with Crippen molar-refractivity contribution in [3.8, 4) is 11.1 Å². The summed E-state index contributed by atoms with van der Waals surface area (Å²) in [5.41, 5.74) is 8.59. The number of anilines is 1. The summed E-state index contributed by atoms with van der Waals surface area (Å²) in [4.78, 5) is 24.1. The van der Waals surface area contributed by atoms with E-state index in [1.807, 2.05) is 12.1 Å². The normalized spacial score (nSPS) is 20.5. The van der Waals surface area contributed by atoms with Gasteiger partial charge in [0.2, 0.25) is 0 Å². The van der Waals surface area contributed by atoms with Crippen LogP contribution in [0, 0.1) is 5.82 Å². The van der Waals surface area contributed by atoms with E-state index in [4.69, 9.17) is 5.11 Å². The molecule has 0 bridgehead atoms. The fourth-order valence-electron chi connectivity index (χ4n) is 6.35. The lowest BCUT2D eigenvalue weighted by atomic mass is 9.89. The molecule has 0 unspecified atom stereocenters. The Morgan fingerprint density at radius 2 is 2.00 bits per heavy atom. The molecule has 0 spiro atoms. The van der Waals surface area contributed by atoms with Crippen LogP contribution in [-0.4, -0.2) is 52.1 Å². The molecule has 0 saturated heterocycles.